The lowest BCUT2D eigenvalue weighted by molar-refractivity contribution is -0.139. The molecule has 0 saturated carbocycles. The number of hydrogen-bond acceptors (Lipinski definition) is 4. The summed E-state index contributed by atoms with van der Waals surface area (Å²) in [5.41, 5.74) is 0.198. The van der Waals surface area contributed by atoms with Crippen LogP contribution < -0.4 is 10.1 Å². The van der Waals surface area contributed by atoms with Crippen molar-refractivity contribution in [2.75, 3.05) is 5.32 Å². The second kappa shape index (κ2) is 8.39. The number of aromatic nitrogens is 2. The fourth-order valence-electron chi connectivity index (χ4n) is 2.98. The molecule has 4 rings (SSSR count). The van der Waals surface area contributed by atoms with E-state index in [-0.39, 0.29) is 34.4 Å². The van der Waals surface area contributed by atoms with Crippen molar-refractivity contribution in [2.24, 2.45) is 0 Å². The molecule has 0 amide bonds. The summed E-state index contributed by atoms with van der Waals surface area (Å²) < 4.78 is 60.1. The molecule has 0 saturated heterocycles. The fraction of sp³-hybridized carbons (Fsp3) is 0.0909. The summed E-state index contributed by atoms with van der Waals surface area (Å²) in [5.74, 6) is -0.754. The molecule has 31 heavy (non-hydrogen) atoms. The van der Waals surface area contributed by atoms with Gasteiger partial charge in [0.05, 0.1) is 16.1 Å². The average molecular weight is 448 g/mol. The van der Waals surface area contributed by atoms with E-state index in [4.69, 9.17) is 16.3 Å². The van der Waals surface area contributed by atoms with E-state index in [1.807, 2.05) is 6.07 Å². The molecule has 0 aliphatic rings. The van der Waals surface area contributed by atoms with Gasteiger partial charge in [-0.1, -0.05) is 41.9 Å². The first-order valence-corrected chi connectivity index (χ1v) is 9.44. The molecule has 0 bridgehead atoms. The normalized spacial score (nSPS) is 11.5. The standard InChI is InChI=1S/C22H14ClF4N3O/c23-17-9-15-19(10-18(17)24)28-12-29-21(15)30-14-6-7-20(16(8-14)22(25,26)27)31-11-13-4-2-1-3-5-13/h1-10,12H,11H2,(H,28,29,30). The van der Waals surface area contributed by atoms with Gasteiger partial charge >= 0.3 is 6.18 Å². The molecule has 0 spiro atoms. The zero-order chi connectivity index (χ0) is 22.0. The zero-order valence-electron chi connectivity index (χ0n) is 15.8. The summed E-state index contributed by atoms with van der Waals surface area (Å²) in [6, 6.07) is 14.9. The van der Waals surface area contributed by atoms with E-state index >= 15 is 0 Å². The zero-order valence-corrected chi connectivity index (χ0v) is 16.5. The molecule has 3 aromatic carbocycles. The molecular formula is C22H14ClF4N3O. The Morgan fingerprint density at radius 1 is 0.968 bits per heavy atom. The van der Waals surface area contributed by atoms with Crippen molar-refractivity contribution >= 4 is 34.0 Å². The summed E-state index contributed by atoms with van der Waals surface area (Å²) in [5, 5.41) is 3.04. The van der Waals surface area contributed by atoms with Crippen molar-refractivity contribution in [3.8, 4) is 5.75 Å². The molecule has 1 aromatic heterocycles. The Hall–Kier alpha value is -3.39. The third kappa shape index (κ3) is 4.69. The quantitative estimate of drug-likeness (QED) is 0.343. The topological polar surface area (TPSA) is 47.0 Å². The van der Waals surface area contributed by atoms with Crippen LogP contribution in [0.3, 0.4) is 0 Å². The van der Waals surface area contributed by atoms with Crippen LogP contribution in [-0.2, 0) is 12.8 Å². The molecule has 9 heteroatoms. The maximum atomic E-state index is 13.7. The van der Waals surface area contributed by atoms with Gasteiger partial charge < -0.3 is 10.1 Å². The largest absolute Gasteiger partial charge is 0.488 e. The lowest BCUT2D eigenvalue weighted by Crippen LogP contribution is -2.09. The number of hydrogen-bond donors (Lipinski definition) is 1. The molecule has 158 valence electrons. The lowest BCUT2D eigenvalue weighted by atomic mass is 10.1. The average Bonchev–Trinajstić information content (AvgIpc) is 2.74. The van der Waals surface area contributed by atoms with Crippen LogP contribution in [0.5, 0.6) is 5.75 Å². The first-order chi connectivity index (χ1) is 14.8. The highest BCUT2D eigenvalue weighted by Crippen LogP contribution is 2.39. The molecule has 1 N–H and O–H groups in total. The Balaban J connectivity index is 1.65. The van der Waals surface area contributed by atoms with Crippen molar-refractivity contribution in [3.63, 3.8) is 0 Å². The van der Waals surface area contributed by atoms with E-state index in [1.54, 1.807) is 24.3 Å². The molecule has 0 fully saturated rings. The predicted octanol–water partition coefficient (Wildman–Crippen LogP) is 6.76. The number of halogens is 5. The minimum absolute atomic E-state index is 0.00267. The molecule has 4 nitrogen and oxygen atoms in total. The molecule has 4 aromatic rings. The minimum atomic E-state index is -4.64. The molecule has 0 radical (unpaired) electrons. The van der Waals surface area contributed by atoms with Crippen LogP contribution >= 0.6 is 11.6 Å². The van der Waals surface area contributed by atoms with Crippen molar-refractivity contribution in [1.29, 1.82) is 0 Å². The fourth-order valence-corrected chi connectivity index (χ4v) is 3.14. The summed E-state index contributed by atoms with van der Waals surface area (Å²) in [6.07, 6.45) is -3.45. The molecular weight excluding hydrogens is 434 g/mol. The van der Waals surface area contributed by atoms with E-state index in [2.05, 4.69) is 15.3 Å². The summed E-state index contributed by atoms with van der Waals surface area (Å²) >= 11 is 5.83. The van der Waals surface area contributed by atoms with Crippen LogP contribution in [0.25, 0.3) is 10.9 Å². The van der Waals surface area contributed by atoms with Crippen LogP contribution in [0.2, 0.25) is 5.02 Å². The van der Waals surface area contributed by atoms with E-state index in [1.165, 1.54) is 24.5 Å². The van der Waals surface area contributed by atoms with E-state index in [9.17, 15) is 17.6 Å². The smallest absolute Gasteiger partial charge is 0.420 e. The van der Waals surface area contributed by atoms with Crippen molar-refractivity contribution < 1.29 is 22.3 Å². The highest BCUT2D eigenvalue weighted by Gasteiger charge is 2.35. The molecule has 0 atom stereocenters. The van der Waals surface area contributed by atoms with Gasteiger partial charge in [0, 0.05) is 17.1 Å². The molecule has 0 aliphatic heterocycles. The van der Waals surface area contributed by atoms with Gasteiger partial charge in [-0.2, -0.15) is 13.2 Å². The van der Waals surface area contributed by atoms with Crippen LogP contribution in [0.15, 0.2) is 67.0 Å². The van der Waals surface area contributed by atoms with Crippen LogP contribution in [0.1, 0.15) is 11.1 Å². The Morgan fingerprint density at radius 2 is 1.74 bits per heavy atom. The highest BCUT2D eigenvalue weighted by atomic mass is 35.5. The van der Waals surface area contributed by atoms with Gasteiger partial charge in [0.25, 0.3) is 0 Å². The summed E-state index contributed by atoms with van der Waals surface area (Å²) in [7, 11) is 0. The van der Waals surface area contributed by atoms with Crippen LogP contribution in [-0.4, -0.2) is 9.97 Å². The highest BCUT2D eigenvalue weighted by molar-refractivity contribution is 6.31. The number of rotatable bonds is 5. The van der Waals surface area contributed by atoms with Gasteiger partial charge in [0.1, 0.15) is 30.3 Å². The van der Waals surface area contributed by atoms with Gasteiger partial charge in [-0.25, -0.2) is 14.4 Å². The second-order valence-corrected chi connectivity index (χ2v) is 7.02. The number of benzene rings is 3. The lowest BCUT2D eigenvalue weighted by Gasteiger charge is -2.16. The molecule has 0 aliphatic carbocycles. The maximum absolute atomic E-state index is 13.7. The first-order valence-electron chi connectivity index (χ1n) is 9.06. The number of ether oxygens (including phenoxy) is 1. The monoisotopic (exact) mass is 447 g/mol. The maximum Gasteiger partial charge on any atom is 0.420 e. The van der Waals surface area contributed by atoms with Gasteiger partial charge in [0.2, 0.25) is 0 Å². The van der Waals surface area contributed by atoms with Crippen molar-refractivity contribution in [2.45, 2.75) is 12.8 Å². The number of alkyl halides is 3. The van der Waals surface area contributed by atoms with Crippen molar-refractivity contribution in [1.82, 2.24) is 9.97 Å². The third-order valence-corrected chi connectivity index (χ3v) is 4.75. The SMILES string of the molecule is Fc1cc2ncnc(Nc3ccc(OCc4ccccc4)c(C(F)(F)F)c3)c2cc1Cl. The first kappa shape index (κ1) is 20.9. The Morgan fingerprint density at radius 3 is 2.48 bits per heavy atom. The molecule has 0 unspecified atom stereocenters. The van der Waals surface area contributed by atoms with Gasteiger partial charge in [-0.15, -0.1) is 0 Å². The van der Waals surface area contributed by atoms with Crippen LogP contribution in [0.4, 0.5) is 29.1 Å². The van der Waals surface area contributed by atoms with Gasteiger partial charge in [-0.05, 0) is 29.8 Å². The van der Waals surface area contributed by atoms with E-state index in [0.717, 1.165) is 17.7 Å². The van der Waals surface area contributed by atoms with Gasteiger partial charge in [-0.3, -0.25) is 0 Å². The number of anilines is 2. The number of nitrogens with zero attached hydrogens (tertiary/aromatic N) is 2. The number of fused-ring (bicyclic) bond motifs is 1. The van der Waals surface area contributed by atoms with Crippen molar-refractivity contribution in [3.05, 3.63) is 89.0 Å². The Bertz CT molecular complexity index is 1230. The summed E-state index contributed by atoms with van der Waals surface area (Å²) in [6.45, 7) is -0.00267. The Kier molecular flexibility index (Phi) is 5.65. The minimum Gasteiger partial charge on any atom is -0.488 e. The number of nitrogens with one attached hydrogen (secondary N) is 1. The molecule has 1 heterocycles. The van der Waals surface area contributed by atoms with E-state index in [0.29, 0.717) is 5.39 Å². The summed E-state index contributed by atoms with van der Waals surface area (Å²) in [4.78, 5) is 8.01. The van der Waals surface area contributed by atoms with Crippen LogP contribution in [0, 0.1) is 5.82 Å². The van der Waals surface area contributed by atoms with Gasteiger partial charge in [0.15, 0.2) is 0 Å². The Labute approximate surface area is 179 Å². The third-order valence-electron chi connectivity index (χ3n) is 4.46. The second-order valence-electron chi connectivity index (χ2n) is 6.61. The van der Waals surface area contributed by atoms with E-state index < -0.39 is 17.6 Å². The predicted molar refractivity (Wildman–Crippen MR) is 110 cm³/mol.